The fraction of sp³-hybridized carbons (Fsp3) is 0.125. The minimum absolute atomic E-state index is 0.196. The Labute approximate surface area is 88.9 Å². The van der Waals surface area contributed by atoms with Gasteiger partial charge >= 0.3 is 5.97 Å². The summed E-state index contributed by atoms with van der Waals surface area (Å²) in [6.45, 7) is 0. The van der Waals surface area contributed by atoms with Crippen molar-refractivity contribution in [3.63, 3.8) is 0 Å². The number of rotatable bonds is 3. The molecular weight excluding hydrogens is 226 g/mol. The van der Waals surface area contributed by atoms with Crippen LogP contribution in [0.1, 0.15) is 11.7 Å². The molecule has 80 valence electrons. The van der Waals surface area contributed by atoms with Crippen LogP contribution in [0.25, 0.3) is 0 Å². The molecule has 0 aliphatic carbocycles. The number of carboxylic acids is 1. The van der Waals surface area contributed by atoms with Crippen LogP contribution in [0.3, 0.4) is 0 Å². The molecule has 0 aliphatic rings. The molecule has 1 atom stereocenters. The second-order valence-electron chi connectivity index (χ2n) is 2.68. The van der Waals surface area contributed by atoms with Crippen LogP contribution in [0, 0.1) is 10.1 Å². The molecule has 1 unspecified atom stereocenters. The molecule has 0 aromatic heterocycles. The number of carbonyl (C=O) groups is 1. The first-order valence-electron chi connectivity index (χ1n) is 3.79. The maximum Gasteiger partial charge on any atom is 0.337 e. The third-order valence-corrected chi connectivity index (χ3v) is 2.15. The van der Waals surface area contributed by atoms with Crippen LogP contribution in [0.2, 0.25) is 5.02 Å². The average Bonchev–Trinajstić information content (AvgIpc) is 2.16. The van der Waals surface area contributed by atoms with E-state index in [1.54, 1.807) is 0 Å². The lowest BCUT2D eigenvalue weighted by Crippen LogP contribution is -2.11. The van der Waals surface area contributed by atoms with Gasteiger partial charge in [0.2, 0.25) is 0 Å². The zero-order valence-corrected chi connectivity index (χ0v) is 8.01. The van der Waals surface area contributed by atoms with E-state index in [4.69, 9.17) is 16.7 Å². The van der Waals surface area contributed by atoms with Crippen molar-refractivity contribution in [1.82, 2.24) is 0 Å². The van der Waals surface area contributed by atoms with Crippen LogP contribution in [0.5, 0.6) is 0 Å². The summed E-state index contributed by atoms with van der Waals surface area (Å²) in [4.78, 5) is 20.2. The topological polar surface area (TPSA) is 101 Å². The van der Waals surface area contributed by atoms with E-state index in [0.29, 0.717) is 0 Å². The standard InChI is InChI=1S/C8H6ClNO5/c9-6-4(7(11)8(12)13)2-1-3-5(6)10(14)15/h1-3,7,11H,(H,12,13). The van der Waals surface area contributed by atoms with Crippen molar-refractivity contribution in [1.29, 1.82) is 0 Å². The van der Waals surface area contributed by atoms with E-state index >= 15 is 0 Å². The predicted molar refractivity (Wildman–Crippen MR) is 50.7 cm³/mol. The summed E-state index contributed by atoms with van der Waals surface area (Å²) in [7, 11) is 0. The van der Waals surface area contributed by atoms with Gasteiger partial charge < -0.3 is 10.2 Å². The molecule has 0 saturated carbocycles. The zero-order chi connectivity index (χ0) is 11.6. The van der Waals surface area contributed by atoms with Gasteiger partial charge in [-0.3, -0.25) is 10.1 Å². The van der Waals surface area contributed by atoms with E-state index in [0.717, 1.165) is 6.07 Å². The number of aliphatic hydroxyl groups excluding tert-OH is 1. The Morgan fingerprint density at radius 3 is 2.60 bits per heavy atom. The SMILES string of the molecule is O=C(O)C(O)c1cccc([N+](=O)[O-])c1Cl. The lowest BCUT2D eigenvalue weighted by atomic mass is 10.1. The number of nitro groups is 1. The highest BCUT2D eigenvalue weighted by Gasteiger charge is 2.24. The van der Waals surface area contributed by atoms with E-state index < -0.39 is 22.7 Å². The molecule has 1 aromatic carbocycles. The van der Waals surface area contributed by atoms with Crippen LogP contribution in [0.15, 0.2) is 18.2 Å². The first-order chi connectivity index (χ1) is 6.95. The summed E-state index contributed by atoms with van der Waals surface area (Å²) in [6.07, 6.45) is -1.86. The third kappa shape index (κ3) is 2.23. The van der Waals surface area contributed by atoms with E-state index in [2.05, 4.69) is 0 Å². The number of halogens is 1. The summed E-state index contributed by atoms with van der Waals surface area (Å²) >= 11 is 5.58. The van der Waals surface area contributed by atoms with Crippen molar-refractivity contribution in [2.24, 2.45) is 0 Å². The number of aliphatic carboxylic acids is 1. The smallest absolute Gasteiger partial charge is 0.337 e. The van der Waals surface area contributed by atoms with Gasteiger partial charge in [-0.05, 0) is 0 Å². The van der Waals surface area contributed by atoms with Crippen molar-refractivity contribution in [3.8, 4) is 0 Å². The Bertz CT molecular complexity index is 419. The van der Waals surface area contributed by atoms with Gasteiger partial charge in [-0.15, -0.1) is 0 Å². The Morgan fingerprint density at radius 1 is 1.53 bits per heavy atom. The average molecular weight is 232 g/mol. The van der Waals surface area contributed by atoms with Crippen molar-refractivity contribution < 1.29 is 19.9 Å². The molecule has 0 fully saturated rings. The fourth-order valence-electron chi connectivity index (χ4n) is 1.02. The highest BCUT2D eigenvalue weighted by atomic mass is 35.5. The molecule has 0 saturated heterocycles. The van der Waals surface area contributed by atoms with Crippen LogP contribution in [-0.4, -0.2) is 21.1 Å². The van der Waals surface area contributed by atoms with E-state index in [1.807, 2.05) is 0 Å². The first kappa shape index (κ1) is 11.4. The fourth-order valence-corrected chi connectivity index (χ4v) is 1.32. The van der Waals surface area contributed by atoms with Crippen molar-refractivity contribution in [3.05, 3.63) is 38.9 Å². The van der Waals surface area contributed by atoms with Crippen molar-refractivity contribution in [2.75, 3.05) is 0 Å². The molecule has 2 N–H and O–H groups in total. The Balaban J connectivity index is 3.26. The van der Waals surface area contributed by atoms with Gasteiger partial charge in [0.1, 0.15) is 5.02 Å². The number of nitrogens with zero attached hydrogens (tertiary/aromatic N) is 1. The molecule has 1 rings (SSSR count). The first-order valence-corrected chi connectivity index (χ1v) is 4.16. The molecule has 0 aliphatic heterocycles. The lowest BCUT2D eigenvalue weighted by molar-refractivity contribution is -0.384. The largest absolute Gasteiger partial charge is 0.479 e. The van der Waals surface area contributed by atoms with Crippen LogP contribution >= 0.6 is 11.6 Å². The summed E-state index contributed by atoms with van der Waals surface area (Å²) in [5.74, 6) is -1.52. The van der Waals surface area contributed by atoms with Gasteiger partial charge in [0.25, 0.3) is 5.69 Å². The monoisotopic (exact) mass is 231 g/mol. The zero-order valence-electron chi connectivity index (χ0n) is 7.25. The summed E-state index contributed by atoms with van der Waals surface area (Å²) in [6, 6.07) is 3.60. The van der Waals surface area contributed by atoms with Crippen molar-refractivity contribution in [2.45, 2.75) is 6.10 Å². The number of hydrogen-bond donors (Lipinski definition) is 2. The highest BCUT2D eigenvalue weighted by molar-refractivity contribution is 6.33. The molecule has 1 aromatic rings. The number of nitro benzene ring substituents is 1. The molecule has 0 heterocycles. The molecular formula is C8H6ClNO5. The quantitative estimate of drug-likeness (QED) is 0.604. The van der Waals surface area contributed by atoms with Gasteiger partial charge in [0, 0.05) is 11.6 Å². The van der Waals surface area contributed by atoms with Gasteiger partial charge in [-0.25, -0.2) is 4.79 Å². The second-order valence-corrected chi connectivity index (χ2v) is 3.06. The third-order valence-electron chi connectivity index (χ3n) is 1.73. The van der Waals surface area contributed by atoms with E-state index in [1.165, 1.54) is 12.1 Å². The maximum absolute atomic E-state index is 10.5. The van der Waals surface area contributed by atoms with Crippen molar-refractivity contribution >= 4 is 23.3 Å². The van der Waals surface area contributed by atoms with Crippen LogP contribution < -0.4 is 0 Å². The highest BCUT2D eigenvalue weighted by Crippen LogP contribution is 2.31. The van der Waals surface area contributed by atoms with Gasteiger partial charge in [-0.2, -0.15) is 0 Å². The van der Waals surface area contributed by atoms with Gasteiger partial charge in [-0.1, -0.05) is 23.7 Å². The molecule has 7 heteroatoms. The predicted octanol–water partition coefficient (Wildman–Crippen LogP) is 1.37. The molecule has 0 bridgehead atoms. The Hall–Kier alpha value is -1.66. The number of hydrogen-bond acceptors (Lipinski definition) is 4. The molecule has 6 nitrogen and oxygen atoms in total. The Kier molecular flexibility index (Phi) is 3.23. The number of carboxylic acid groups (broad SMARTS) is 1. The maximum atomic E-state index is 10.5. The molecule has 0 spiro atoms. The number of aliphatic hydroxyl groups is 1. The second kappa shape index (κ2) is 4.24. The minimum Gasteiger partial charge on any atom is -0.479 e. The number of benzene rings is 1. The van der Waals surface area contributed by atoms with Crippen LogP contribution in [0.4, 0.5) is 5.69 Å². The summed E-state index contributed by atoms with van der Waals surface area (Å²) < 4.78 is 0. The molecule has 0 amide bonds. The summed E-state index contributed by atoms with van der Waals surface area (Å²) in [5, 5.41) is 27.8. The summed E-state index contributed by atoms with van der Waals surface area (Å²) in [5.41, 5.74) is -0.632. The lowest BCUT2D eigenvalue weighted by Gasteiger charge is -2.07. The Morgan fingerprint density at radius 2 is 2.13 bits per heavy atom. The van der Waals surface area contributed by atoms with Crippen LogP contribution in [-0.2, 0) is 4.79 Å². The molecule has 15 heavy (non-hydrogen) atoms. The van der Waals surface area contributed by atoms with E-state index in [-0.39, 0.29) is 10.6 Å². The van der Waals surface area contributed by atoms with Gasteiger partial charge in [0.15, 0.2) is 6.10 Å². The minimum atomic E-state index is -1.86. The van der Waals surface area contributed by atoms with E-state index in [9.17, 15) is 20.0 Å². The van der Waals surface area contributed by atoms with Gasteiger partial charge in [0.05, 0.1) is 4.92 Å². The normalized spacial score (nSPS) is 12.1. The molecule has 0 radical (unpaired) electrons.